The summed E-state index contributed by atoms with van der Waals surface area (Å²) < 4.78 is 0. The molecule has 0 unspecified atom stereocenters. The zero-order chi connectivity index (χ0) is 17.9. The third-order valence-corrected chi connectivity index (χ3v) is 4.81. The van der Waals surface area contributed by atoms with Crippen molar-refractivity contribution in [2.45, 2.75) is 0 Å². The number of nitrogens with zero attached hydrogens (tertiary/aromatic N) is 2. The van der Waals surface area contributed by atoms with E-state index in [0.717, 1.165) is 21.3 Å². The minimum atomic E-state index is -0.431. The molecular formula is C19H14N4O2S. The van der Waals surface area contributed by atoms with E-state index in [1.54, 1.807) is 23.5 Å². The maximum atomic E-state index is 12.2. The topological polar surface area (TPSA) is 90.4 Å². The molecule has 0 bridgehead atoms. The van der Waals surface area contributed by atoms with Gasteiger partial charge in [-0.3, -0.25) is 9.89 Å². The van der Waals surface area contributed by atoms with Gasteiger partial charge in [0.15, 0.2) is 5.69 Å². The molecule has 3 N–H and O–H groups in total. The number of H-pyrrole nitrogens is 1. The number of hydrogen-bond acceptors (Lipinski definition) is 5. The van der Waals surface area contributed by atoms with Crippen LogP contribution in [-0.2, 0) is 0 Å². The number of amides is 1. The van der Waals surface area contributed by atoms with Gasteiger partial charge in [-0.2, -0.15) is 10.2 Å². The van der Waals surface area contributed by atoms with Crippen molar-refractivity contribution in [1.29, 1.82) is 0 Å². The summed E-state index contributed by atoms with van der Waals surface area (Å²) in [6.07, 6.45) is 1.43. The summed E-state index contributed by atoms with van der Waals surface area (Å²) in [6, 6.07) is 16.6. The molecule has 128 valence electrons. The Kier molecular flexibility index (Phi) is 4.20. The number of aromatic hydroxyl groups is 1. The van der Waals surface area contributed by atoms with Crippen LogP contribution < -0.4 is 5.43 Å². The Morgan fingerprint density at radius 2 is 2.08 bits per heavy atom. The van der Waals surface area contributed by atoms with Gasteiger partial charge in [0, 0.05) is 5.56 Å². The highest BCUT2D eigenvalue weighted by Gasteiger charge is 2.11. The van der Waals surface area contributed by atoms with Gasteiger partial charge in [0.25, 0.3) is 5.91 Å². The van der Waals surface area contributed by atoms with Gasteiger partial charge < -0.3 is 5.11 Å². The van der Waals surface area contributed by atoms with E-state index in [1.165, 1.54) is 6.21 Å². The first-order chi connectivity index (χ1) is 12.7. The van der Waals surface area contributed by atoms with Crippen LogP contribution in [0.3, 0.4) is 0 Å². The van der Waals surface area contributed by atoms with Crippen LogP contribution >= 0.6 is 11.3 Å². The second-order valence-electron chi connectivity index (χ2n) is 5.56. The molecule has 0 fully saturated rings. The normalized spacial score (nSPS) is 11.2. The van der Waals surface area contributed by atoms with E-state index in [-0.39, 0.29) is 11.4 Å². The van der Waals surface area contributed by atoms with Crippen LogP contribution in [0.4, 0.5) is 0 Å². The zero-order valence-electron chi connectivity index (χ0n) is 13.5. The summed E-state index contributed by atoms with van der Waals surface area (Å²) in [6.45, 7) is 0. The average molecular weight is 362 g/mol. The lowest BCUT2D eigenvalue weighted by Gasteiger charge is -2.04. The zero-order valence-corrected chi connectivity index (χ0v) is 14.3. The quantitative estimate of drug-likeness (QED) is 0.381. The van der Waals surface area contributed by atoms with Gasteiger partial charge in [-0.1, -0.05) is 36.4 Å². The molecule has 0 radical (unpaired) electrons. The number of fused-ring (bicyclic) bond motifs is 1. The molecule has 1 amide bonds. The average Bonchev–Trinajstić information content (AvgIpc) is 3.35. The monoisotopic (exact) mass is 362 g/mol. The number of nitrogens with one attached hydrogen (secondary N) is 2. The summed E-state index contributed by atoms with van der Waals surface area (Å²) in [5.74, 6) is -0.332. The van der Waals surface area contributed by atoms with Crippen molar-refractivity contribution in [1.82, 2.24) is 15.6 Å². The third-order valence-electron chi connectivity index (χ3n) is 3.90. The second kappa shape index (κ2) is 6.81. The highest BCUT2D eigenvalue weighted by Crippen LogP contribution is 2.25. The first kappa shape index (κ1) is 16.0. The van der Waals surface area contributed by atoms with Crippen LogP contribution in [0, 0.1) is 0 Å². The first-order valence-electron chi connectivity index (χ1n) is 7.86. The molecule has 7 heteroatoms. The maximum Gasteiger partial charge on any atom is 0.291 e. The fourth-order valence-corrected chi connectivity index (χ4v) is 3.32. The van der Waals surface area contributed by atoms with Crippen LogP contribution in [-0.4, -0.2) is 27.4 Å². The van der Waals surface area contributed by atoms with E-state index in [9.17, 15) is 9.90 Å². The molecule has 0 atom stereocenters. The van der Waals surface area contributed by atoms with Crippen molar-refractivity contribution in [3.05, 3.63) is 71.2 Å². The Morgan fingerprint density at radius 1 is 1.19 bits per heavy atom. The van der Waals surface area contributed by atoms with Crippen LogP contribution in [0.1, 0.15) is 16.1 Å². The fourth-order valence-electron chi connectivity index (χ4n) is 2.63. The van der Waals surface area contributed by atoms with Crippen molar-refractivity contribution in [3.8, 4) is 16.3 Å². The molecule has 2 heterocycles. The minimum absolute atomic E-state index is 0.0986. The number of hydrazone groups is 1. The molecular weight excluding hydrogens is 348 g/mol. The third kappa shape index (κ3) is 3.07. The first-order valence-corrected chi connectivity index (χ1v) is 8.74. The molecule has 0 saturated heterocycles. The Morgan fingerprint density at radius 3 is 2.92 bits per heavy atom. The molecule has 0 saturated carbocycles. The number of aromatic amines is 1. The summed E-state index contributed by atoms with van der Waals surface area (Å²) >= 11 is 1.56. The SMILES string of the molecule is O=C(N/N=C/c1c(O)ccc2ccccc12)c1cc(-c2cccs2)[nH]n1. The van der Waals surface area contributed by atoms with Gasteiger partial charge in [0.05, 0.1) is 16.8 Å². The van der Waals surface area contributed by atoms with Gasteiger partial charge in [0.1, 0.15) is 5.75 Å². The Bertz CT molecular complexity index is 1100. The lowest BCUT2D eigenvalue weighted by molar-refractivity contribution is 0.0950. The summed E-state index contributed by atoms with van der Waals surface area (Å²) in [5, 5.41) is 24.7. The fraction of sp³-hybridized carbons (Fsp3) is 0. The largest absolute Gasteiger partial charge is 0.507 e. The lowest BCUT2D eigenvalue weighted by atomic mass is 10.0. The Hall–Kier alpha value is -3.45. The van der Waals surface area contributed by atoms with E-state index in [0.29, 0.717) is 5.56 Å². The van der Waals surface area contributed by atoms with Crippen molar-refractivity contribution >= 4 is 34.2 Å². The number of benzene rings is 2. The predicted octanol–water partition coefficient (Wildman–Crippen LogP) is 3.76. The van der Waals surface area contributed by atoms with Crippen LogP contribution in [0.25, 0.3) is 21.3 Å². The van der Waals surface area contributed by atoms with Crippen molar-refractivity contribution in [2.24, 2.45) is 5.10 Å². The van der Waals surface area contributed by atoms with Gasteiger partial charge >= 0.3 is 0 Å². The van der Waals surface area contributed by atoms with E-state index >= 15 is 0 Å². The van der Waals surface area contributed by atoms with Gasteiger partial charge in [-0.15, -0.1) is 11.3 Å². The molecule has 4 rings (SSSR count). The Balaban J connectivity index is 1.52. The molecule has 0 aliphatic carbocycles. The molecule has 2 aromatic carbocycles. The number of carbonyl (C=O) groups excluding carboxylic acids is 1. The number of aromatic nitrogens is 2. The van der Waals surface area contributed by atoms with Crippen molar-refractivity contribution in [3.63, 3.8) is 0 Å². The molecule has 0 aliphatic rings. The Labute approximate surface area is 152 Å². The number of phenolic OH excluding ortho intramolecular Hbond substituents is 1. The van der Waals surface area contributed by atoms with E-state index in [4.69, 9.17) is 0 Å². The van der Waals surface area contributed by atoms with E-state index in [2.05, 4.69) is 20.7 Å². The second-order valence-corrected chi connectivity index (χ2v) is 6.51. The number of hydrogen-bond donors (Lipinski definition) is 3. The molecule has 0 spiro atoms. The number of phenols is 1. The minimum Gasteiger partial charge on any atom is -0.507 e. The van der Waals surface area contributed by atoms with Crippen LogP contribution in [0.15, 0.2) is 65.1 Å². The molecule has 4 aromatic rings. The maximum absolute atomic E-state index is 12.2. The van der Waals surface area contributed by atoms with E-state index in [1.807, 2.05) is 47.8 Å². The molecule has 0 aliphatic heterocycles. The highest BCUT2D eigenvalue weighted by molar-refractivity contribution is 7.13. The summed E-state index contributed by atoms with van der Waals surface area (Å²) in [5.41, 5.74) is 4.01. The van der Waals surface area contributed by atoms with Gasteiger partial charge in [-0.25, -0.2) is 5.43 Å². The summed E-state index contributed by atoms with van der Waals surface area (Å²) in [4.78, 5) is 13.2. The smallest absolute Gasteiger partial charge is 0.291 e. The highest BCUT2D eigenvalue weighted by atomic mass is 32.1. The molecule has 2 aromatic heterocycles. The number of thiophene rings is 1. The standard InChI is InChI=1S/C19H14N4O2S/c24-17-8-7-12-4-1-2-5-13(12)14(17)11-20-23-19(25)16-10-15(21-22-16)18-6-3-9-26-18/h1-11,24H,(H,21,22)(H,23,25)/b20-11+. The van der Waals surface area contributed by atoms with E-state index < -0.39 is 5.91 Å². The van der Waals surface area contributed by atoms with Gasteiger partial charge in [0.2, 0.25) is 0 Å². The van der Waals surface area contributed by atoms with Crippen molar-refractivity contribution < 1.29 is 9.90 Å². The lowest BCUT2D eigenvalue weighted by Crippen LogP contribution is -2.18. The molecule has 6 nitrogen and oxygen atoms in total. The van der Waals surface area contributed by atoms with Crippen LogP contribution in [0.2, 0.25) is 0 Å². The van der Waals surface area contributed by atoms with Crippen LogP contribution in [0.5, 0.6) is 5.75 Å². The predicted molar refractivity (Wildman–Crippen MR) is 103 cm³/mol. The summed E-state index contributed by atoms with van der Waals surface area (Å²) in [7, 11) is 0. The van der Waals surface area contributed by atoms with Crippen molar-refractivity contribution in [2.75, 3.05) is 0 Å². The molecule has 26 heavy (non-hydrogen) atoms. The number of rotatable bonds is 4. The number of carbonyl (C=O) groups is 1. The van der Waals surface area contributed by atoms with Gasteiger partial charge in [-0.05, 0) is 34.4 Å².